The number of aromatic amines is 1. The van der Waals surface area contributed by atoms with E-state index in [4.69, 9.17) is 10.5 Å². The highest BCUT2D eigenvalue weighted by Gasteiger charge is 2.41. The van der Waals surface area contributed by atoms with Crippen LogP contribution >= 0.6 is 0 Å². The van der Waals surface area contributed by atoms with E-state index in [1.54, 1.807) is 12.3 Å². The molecule has 0 radical (unpaired) electrons. The second-order valence-electron chi connectivity index (χ2n) is 8.26. The summed E-state index contributed by atoms with van der Waals surface area (Å²) in [6.45, 7) is -0.165. The van der Waals surface area contributed by atoms with Crippen LogP contribution in [0.5, 0.6) is 5.75 Å². The molecule has 1 amide bonds. The van der Waals surface area contributed by atoms with Crippen molar-refractivity contribution in [3.8, 4) is 16.9 Å². The molecule has 0 saturated heterocycles. The lowest BCUT2D eigenvalue weighted by Crippen LogP contribution is -2.24. The Morgan fingerprint density at radius 3 is 2.74 bits per heavy atom. The predicted octanol–water partition coefficient (Wildman–Crippen LogP) is 3.47. The predicted molar refractivity (Wildman–Crippen MR) is 123 cm³/mol. The molecule has 2 aromatic heterocycles. The number of fused-ring (bicyclic) bond motifs is 1. The van der Waals surface area contributed by atoms with Crippen molar-refractivity contribution in [2.45, 2.75) is 25.2 Å². The summed E-state index contributed by atoms with van der Waals surface area (Å²) >= 11 is 0. The van der Waals surface area contributed by atoms with Crippen LogP contribution in [-0.2, 0) is 6.54 Å². The largest absolute Gasteiger partial charge is 0.496 e. The van der Waals surface area contributed by atoms with Crippen LogP contribution in [0.15, 0.2) is 47.4 Å². The standard InChI is InChI=1S/C24H20F3N5O3/c1-35-19-5-4-13(25)7-14(19)23(33)29-9-12-3-2-11(6-16(12)26)15-10-32(18-8-17(18)27)21-20(15)22(28)30-31-24(21)34/h2-7,10,17-18H,8-9H2,1H3,(H2,28,30)(H,29,33)(H,31,34)/t17-,18+/m0/s1. The number of carbonyl (C=O) groups is 1. The summed E-state index contributed by atoms with van der Waals surface area (Å²) < 4.78 is 49.0. The van der Waals surface area contributed by atoms with E-state index in [1.807, 2.05) is 0 Å². The number of H-pyrrole nitrogens is 1. The maximum Gasteiger partial charge on any atom is 0.288 e. The van der Waals surface area contributed by atoms with E-state index in [9.17, 15) is 18.4 Å². The molecule has 0 spiro atoms. The number of anilines is 1. The number of halogens is 3. The molecule has 11 heteroatoms. The second kappa shape index (κ2) is 8.49. The van der Waals surface area contributed by atoms with Gasteiger partial charge >= 0.3 is 0 Å². The molecule has 0 bridgehead atoms. The second-order valence-corrected chi connectivity index (χ2v) is 8.26. The maximum atomic E-state index is 15.0. The fourth-order valence-electron chi connectivity index (χ4n) is 4.14. The number of carbonyl (C=O) groups excluding carboxylic acids is 1. The topological polar surface area (TPSA) is 115 Å². The van der Waals surface area contributed by atoms with Crippen LogP contribution in [0.3, 0.4) is 0 Å². The van der Waals surface area contributed by atoms with Crippen molar-refractivity contribution >= 4 is 22.6 Å². The van der Waals surface area contributed by atoms with Gasteiger partial charge in [-0.15, -0.1) is 0 Å². The van der Waals surface area contributed by atoms with Gasteiger partial charge in [0.1, 0.15) is 29.1 Å². The van der Waals surface area contributed by atoms with Crippen molar-refractivity contribution in [3.05, 3.63) is 75.7 Å². The highest BCUT2D eigenvalue weighted by atomic mass is 19.1. The Labute approximate surface area is 196 Å². The number of benzene rings is 2. The molecule has 2 aromatic carbocycles. The fraction of sp³-hybridized carbons (Fsp3) is 0.208. The number of hydrogen-bond acceptors (Lipinski definition) is 5. The van der Waals surface area contributed by atoms with Gasteiger partial charge in [0.2, 0.25) is 0 Å². The van der Waals surface area contributed by atoms with Gasteiger partial charge in [0.05, 0.1) is 24.1 Å². The first kappa shape index (κ1) is 22.5. The average molecular weight is 483 g/mol. The normalized spacial score (nSPS) is 16.9. The fourth-order valence-corrected chi connectivity index (χ4v) is 4.14. The summed E-state index contributed by atoms with van der Waals surface area (Å²) in [5.74, 6) is -1.64. The van der Waals surface area contributed by atoms with Crippen molar-refractivity contribution < 1.29 is 22.7 Å². The van der Waals surface area contributed by atoms with E-state index in [2.05, 4.69) is 15.5 Å². The van der Waals surface area contributed by atoms with Crippen molar-refractivity contribution in [3.63, 3.8) is 0 Å². The van der Waals surface area contributed by atoms with E-state index in [0.717, 1.165) is 12.1 Å². The van der Waals surface area contributed by atoms with E-state index < -0.39 is 35.3 Å². The number of alkyl halides is 1. The Morgan fingerprint density at radius 2 is 2.06 bits per heavy atom. The minimum Gasteiger partial charge on any atom is -0.496 e. The van der Waals surface area contributed by atoms with Crippen molar-refractivity contribution in [2.24, 2.45) is 0 Å². The molecule has 8 nitrogen and oxygen atoms in total. The summed E-state index contributed by atoms with van der Waals surface area (Å²) in [5, 5.41) is 8.96. The molecule has 1 fully saturated rings. The van der Waals surface area contributed by atoms with Gasteiger partial charge in [-0.05, 0) is 29.8 Å². The number of nitrogens with one attached hydrogen (secondary N) is 2. The summed E-state index contributed by atoms with van der Waals surface area (Å²) in [7, 11) is 1.35. The molecule has 2 heterocycles. The molecular weight excluding hydrogens is 463 g/mol. The van der Waals surface area contributed by atoms with E-state index in [1.165, 1.54) is 29.9 Å². The van der Waals surface area contributed by atoms with Crippen LogP contribution in [0.2, 0.25) is 0 Å². The van der Waals surface area contributed by atoms with Crippen LogP contribution in [0.1, 0.15) is 28.4 Å². The Bertz CT molecular complexity index is 1530. The van der Waals surface area contributed by atoms with Crippen LogP contribution < -0.4 is 21.3 Å². The first-order valence-corrected chi connectivity index (χ1v) is 10.7. The molecule has 4 N–H and O–H groups in total. The first-order chi connectivity index (χ1) is 16.8. The number of nitrogens with zero attached hydrogens (tertiary/aromatic N) is 2. The van der Waals surface area contributed by atoms with Gasteiger partial charge in [0, 0.05) is 30.3 Å². The van der Waals surface area contributed by atoms with Crippen LogP contribution in [0, 0.1) is 11.6 Å². The van der Waals surface area contributed by atoms with Crippen molar-refractivity contribution in [2.75, 3.05) is 12.8 Å². The molecule has 1 saturated carbocycles. The quantitative estimate of drug-likeness (QED) is 0.389. The molecule has 180 valence electrons. The first-order valence-electron chi connectivity index (χ1n) is 10.7. The van der Waals surface area contributed by atoms with E-state index >= 15 is 4.39 Å². The summed E-state index contributed by atoms with van der Waals surface area (Å²) in [6, 6.07) is 7.35. The van der Waals surface area contributed by atoms with Gasteiger partial charge in [0.25, 0.3) is 11.5 Å². The third-order valence-corrected chi connectivity index (χ3v) is 6.03. The van der Waals surface area contributed by atoms with Gasteiger partial charge in [-0.3, -0.25) is 9.59 Å². The van der Waals surface area contributed by atoms with Crippen molar-refractivity contribution in [1.29, 1.82) is 0 Å². The maximum absolute atomic E-state index is 15.0. The lowest BCUT2D eigenvalue weighted by Gasteiger charge is -2.11. The molecule has 1 aliphatic rings. The van der Waals surface area contributed by atoms with Gasteiger partial charge < -0.3 is 20.4 Å². The number of nitrogens with two attached hydrogens (primary N) is 1. The van der Waals surface area contributed by atoms with Crippen LogP contribution in [0.25, 0.3) is 22.0 Å². The molecule has 1 aliphatic carbocycles. The van der Waals surface area contributed by atoms with Gasteiger partial charge in [-0.25, -0.2) is 18.3 Å². The number of nitrogen functional groups attached to an aromatic ring is 1. The number of amides is 1. The third kappa shape index (κ3) is 3.98. The van der Waals surface area contributed by atoms with Gasteiger partial charge in [-0.1, -0.05) is 12.1 Å². The molecule has 5 rings (SSSR count). The van der Waals surface area contributed by atoms with E-state index in [-0.39, 0.29) is 41.2 Å². The minimum absolute atomic E-state index is 0.0169. The summed E-state index contributed by atoms with van der Waals surface area (Å²) in [5.41, 5.74) is 6.67. The minimum atomic E-state index is -1.08. The number of methoxy groups -OCH3 is 1. The number of hydrogen-bond donors (Lipinski definition) is 3. The van der Waals surface area contributed by atoms with Gasteiger partial charge in [0.15, 0.2) is 5.82 Å². The lowest BCUT2D eigenvalue weighted by atomic mass is 10.0. The monoisotopic (exact) mass is 483 g/mol. The zero-order chi connectivity index (χ0) is 24.9. The Balaban J connectivity index is 1.45. The smallest absolute Gasteiger partial charge is 0.288 e. The third-order valence-electron chi connectivity index (χ3n) is 6.03. The summed E-state index contributed by atoms with van der Waals surface area (Å²) in [6.07, 6.45) is 0.773. The summed E-state index contributed by atoms with van der Waals surface area (Å²) in [4.78, 5) is 24.9. The zero-order valence-corrected chi connectivity index (χ0v) is 18.4. The highest BCUT2D eigenvalue weighted by Crippen LogP contribution is 2.43. The van der Waals surface area contributed by atoms with E-state index in [0.29, 0.717) is 16.5 Å². The molecular formula is C24H20F3N5O3. The molecule has 0 unspecified atom stereocenters. The Hall–Kier alpha value is -4.28. The van der Waals surface area contributed by atoms with Crippen molar-refractivity contribution in [1.82, 2.24) is 20.1 Å². The number of aromatic nitrogens is 3. The molecule has 2 atom stereocenters. The molecule has 4 aromatic rings. The number of ether oxygens (including phenoxy) is 1. The SMILES string of the molecule is COc1ccc(F)cc1C(=O)NCc1ccc(-c2cn([C@@H]3C[C@@H]3F)c3c(=O)[nH]nc(N)c23)cc1F. The number of rotatable bonds is 6. The Kier molecular flexibility index (Phi) is 5.46. The average Bonchev–Trinajstić information content (AvgIpc) is 3.42. The zero-order valence-electron chi connectivity index (χ0n) is 18.4. The highest BCUT2D eigenvalue weighted by molar-refractivity contribution is 6.02. The molecule has 0 aliphatic heterocycles. The van der Waals surface area contributed by atoms with Crippen LogP contribution in [0.4, 0.5) is 19.0 Å². The van der Waals surface area contributed by atoms with Gasteiger partial charge in [-0.2, -0.15) is 5.10 Å². The molecule has 35 heavy (non-hydrogen) atoms. The Morgan fingerprint density at radius 1 is 1.29 bits per heavy atom. The lowest BCUT2D eigenvalue weighted by molar-refractivity contribution is 0.0947. The van der Waals surface area contributed by atoms with Crippen LogP contribution in [-0.4, -0.2) is 34.0 Å².